The molecule has 3 aromatic heterocycles. The zero-order chi connectivity index (χ0) is 29.1. The molecule has 12 nitrogen and oxygen atoms in total. The van der Waals surface area contributed by atoms with E-state index in [1.807, 2.05) is 4.57 Å². The van der Waals surface area contributed by atoms with Gasteiger partial charge in [0.15, 0.2) is 17.5 Å². The standard InChI is InChI=1S/C26H21ClF3N9O3/c27-15-6-20-21(36-3-4-42-11-23(36)32-20)8-19(15)33-24-34-25(40)38(10-22-31-12-39(35-22)14-1-2-14)26(41)37(24)9-13-5-17(29)18(30)7-16(13)28/h5-8,12,14H,1-4,9-11H2,(H,33,34,40). The number of halogens is 4. The van der Waals surface area contributed by atoms with Crippen LogP contribution in [0.3, 0.4) is 0 Å². The zero-order valence-electron chi connectivity index (χ0n) is 21.7. The van der Waals surface area contributed by atoms with Gasteiger partial charge in [-0.15, -0.1) is 0 Å². The number of nitrogens with one attached hydrogen (secondary N) is 1. The number of rotatable bonds is 7. The highest BCUT2D eigenvalue weighted by Gasteiger charge is 2.25. The van der Waals surface area contributed by atoms with Crippen LogP contribution in [0.2, 0.25) is 5.02 Å². The van der Waals surface area contributed by atoms with Crippen LogP contribution in [0.1, 0.15) is 36.1 Å². The fraction of sp³-hybridized carbons (Fsp3) is 0.308. The molecule has 0 bridgehead atoms. The highest BCUT2D eigenvalue weighted by atomic mass is 35.5. The van der Waals surface area contributed by atoms with Gasteiger partial charge in [0.2, 0.25) is 5.95 Å². The summed E-state index contributed by atoms with van der Waals surface area (Å²) in [6, 6.07) is 4.57. The first-order valence-electron chi connectivity index (χ1n) is 13.0. The van der Waals surface area contributed by atoms with Crippen LogP contribution in [0.4, 0.5) is 24.8 Å². The van der Waals surface area contributed by atoms with Gasteiger partial charge in [0.25, 0.3) is 0 Å². The lowest BCUT2D eigenvalue weighted by Crippen LogP contribution is -2.43. The van der Waals surface area contributed by atoms with E-state index in [4.69, 9.17) is 16.3 Å². The molecule has 2 aromatic carbocycles. The molecule has 1 saturated carbocycles. The maximum Gasteiger partial charge on any atom is 0.355 e. The van der Waals surface area contributed by atoms with Crippen molar-refractivity contribution in [1.82, 2.24) is 38.4 Å². The normalized spacial score (nSPS) is 14.9. The Bertz CT molecular complexity index is 2000. The van der Waals surface area contributed by atoms with Crippen molar-refractivity contribution in [3.05, 3.63) is 91.2 Å². The fourth-order valence-electron chi connectivity index (χ4n) is 4.89. The van der Waals surface area contributed by atoms with Crippen LogP contribution >= 0.6 is 11.6 Å². The summed E-state index contributed by atoms with van der Waals surface area (Å²) in [7, 11) is 0. The van der Waals surface area contributed by atoms with E-state index in [1.165, 1.54) is 6.33 Å². The predicted molar refractivity (Wildman–Crippen MR) is 143 cm³/mol. The Kier molecular flexibility index (Phi) is 6.35. The van der Waals surface area contributed by atoms with Gasteiger partial charge < -0.3 is 14.6 Å². The fourth-order valence-corrected chi connectivity index (χ4v) is 5.09. The molecule has 16 heteroatoms. The van der Waals surface area contributed by atoms with E-state index in [0.717, 1.165) is 27.5 Å². The minimum absolute atomic E-state index is 0.206. The van der Waals surface area contributed by atoms with Crippen molar-refractivity contribution in [2.45, 2.75) is 45.1 Å². The van der Waals surface area contributed by atoms with Gasteiger partial charge in [-0.3, -0.25) is 4.57 Å². The summed E-state index contributed by atoms with van der Waals surface area (Å²) in [6.07, 6.45) is 3.44. The van der Waals surface area contributed by atoms with Crippen LogP contribution in [0, 0.1) is 17.5 Å². The molecule has 2 aliphatic rings. The van der Waals surface area contributed by atoms with Gasteiger partial charge in [0, 0.05) is 18.2 Å². The molecule has 0 saturated heterocycles. The van der Waals surface area contributed by atoms with E-state index >= 15 is 0 Å². The van der Waals surface area contributed by atoms with Crippen LogP contribution in [0.5, 0.6) is 0 Å². The van der Waals surface area contributed by atoms with Gasteiger partial charge >= 0.3 is 11.4 Å². The number of aromatic nitrogens is 8. The van der Waals surface area contributed by atoms with Crippen LogP contribution in [0.25, 0.3) is 11.0 Å². The number of nitrogens with zero attached hydrogens (tertiary/aromatic N) is 8. The van der Waals surface area contributed by atoms with Crippen molar-refractivity contribution in [3.8, 4) is 0 Å². The molecule has 0 radical (unpaired) electrons. The minimum Gasteiger partial charge on any atom is -0.372 e. The average Bonchev–Trinajstić information content (AvgIpc) is 3.60. The third-order valence-corrected chi connectivity index (χ3v) is 7.51. The van der Waals surface area contributed by atoms with Crippen molar-refractivity contribution in [1.29, 1.82) is 0 Å². The SMILES string of the molecule is O=c1nc(Nc2cc3c(cc2Cl)nc2n3CCOC2)n(Cc2cc(F)c(F)cc2F)c(=O)n1Cc1ncn(C2CC2)n1. The van der Waals surface area contributed by atoms with E-state index in [9.17, 15) is 22.8 Å². The molecule has 4 heterocycles. The van der Waals surface area contributed by atoms with Crippen molar-refractivity contribution in [2.24, 2.45) is 0 Å². The van der Waals surface area contributed by atoms with E-state index in [2.05, 4.69) is 25.4 Å². The molecular weight excluding hydrogens is 579 g/mol. The summed E-state index contributed by atoms with van der Waals surface area (Å²) < 4.78 is 53.2. The Morgan fingerprint density at radius 3 is 2.62 bits per heavy atom. The average molecular weight is 600 g/mol. The molecule has 7 rings (SSSR count). The van der Waals surface area contributed by atoms with Gasteiger partial charge in [-0.2, -0.15) is 10.1 Å². The molecule has 1 aliphatic heterocycles. The predicted octanol–water partition coefficient (Wildman–Crippen LogP) is 3.12. The smallest absolute Gasteiger partial charge is 0.355 e. The van der Waals surface area contributed by atoms with Gasteiger partial charge in [0.1, 0.15) is 24.6 Å². The summed E-state index contributed by atoms with van der Waals surface area (Å²) in [6.45, 7) is 0.507. The number of anilines is 2. The molecule has 216 valence electrons. The molecule has 1 fully saturated rings. The highest BCUT2D eigenvalue weighted by molar-refractivity contribution is 6.34. The number of fused-ring (bicyclic) bond motifs is 3. The Labute approximate surface area is 239 Å². The minimum atomic E-state index is -1.38. The van der Waals surface area contributed by atoms with Crippen molar-refractivity contribution >= 4 is 34.3 Å². The number of hydrogen-bond donors (Lipinski definition) is 1. The molecular formula is C26H21ClF3N9O3. The summed E-state index contributed by atoms with van der Waals surface area (Å²) in [5.41, 5.74) is -0.538. The van der Waals surface area contributed by atoms with Crippen molar-refractivity contribution in [2.75, 3.05) is 11.9 Å². The van der Waals surface area contributed by atoms with Gasteiger partial charge in [0.05, 0.1) is 47.5 Å². The third-order valence-electron chi connectivity index (χ3n) is 7.20. The Morgan fingerprint density at radius 1 is 1.00 bits per heavy atom. The summed E-state index contributed by atoms with van der Waals surface area (Å²) >= 11 is 6.53. The van der Waals surface area contributed by atoms with Crippen LogP contribution < -0.4 is 16.7 Å². The molecule has 1 aliphatic carbocycles. The molecule has 42 heavy (non-hydrogen) atoms. The van der Waals surface area contributed by atoms with E-state index in [1.54, 1.807) is 16.8 Å². The van der Waals surface area contributed by atoms with Crippen LogP contribution in [-0.2, 0) is 31.0 Å². The topological polar surface area (TPSA) is 127 Å². The van der Waals surface area contributed by atoms with E-state index < -0.39 is 35.4 Å². The maximum atomic E-state index is 14.7. The second-order valence-corrected chi connectivity index (χ2v) is 10.5. The number of ether oxygens (including phenoxy) is 1. The monoisotopic (exact) mass is 599 g/mol. The zero-order valence-corrected chi connectivity index (χ0v) is 22.5. The molecule has 0 unspecified atom stereocenters. The Hall–Kier alpha value is -4.50. The molecule has 0 atom stereocenters. The van der Waals surface area contributed by atoms with Gasteiger partial charge in [-0.1, -0.05) is 11.6 Å². The molecule has 0 amide bonds. The lowest BCUT2D eigenvalue weighted by molar-refractivity contribution is 0.0830. The lowest BCUT2D eigenvalue weighted by atomic mass is 10.2. The number of benzene rings is 2. The van der Waals surface area contributed by atoms with Crippen LogP contribution in [-0.4, -0.2) is 45.0 Å². The number of imidazole rings is 1. The molecule has 1 N–H and O–H groups in total. The Morgan fingerprint density at radius 2 is 1.81 bits per heavy atom. The summed E-state index contributed by atoms with van der Waals surface area (Å²) in [4.78, 5) is 39.6. The first-order valence-corrected chi connectivity index (χ1v) is 13.4. The van der Waals surface area contributed by atoms with Crippen molar-refractivity contribution < 1.29 is 17.9 Å². The third kappa shape index (κ3) is 4.73. The van der Waals surface area contributed by atoms with E-state index in [0.29, 0.717) is 43.2 Å². The first-order chi connectivity index (χ1) is 20.2. The second kappa shape index (κ2) is 10.1. The molecule has 5 aromatic rings. The van der Waals surface area contributed by atoms with Gasteiger partial charge in [-0.05, 0) is 31.0 Å². The van der Waals surface area contributed by atoms with Crippen molar-refractivity contribution in [3.63, 3.8) is 0 Å². The first kappa shape index (κ1) is 26.4. The number of hydrogen-bond acceptors (Lipinski definition) is 8. The Balaban J connectivity index is 1.32. The largest absolute Gasteiger partial charge is 0.372 e. The summed E-state index contributed by atoms with van der Waals surface area (Å²) in [5.74, 6) is -3.12. The molecule has 0 spiro atoms. The second-order valence-electron chi connectivity index (χ2n) is 10.1. The maximum absolute atomic E-state index is 14.7. The highest BCUT2D eigenvalue weighted by Crippen LogP contribution is 2.34. The van der Waals surface area contributed by atoms with Crippen LogP contribution in [0.15, 0.2) is 40.2 Å². The lowest BCUT2D eigenvalue weighted by Gasteiger charge is -2.17. The van der Waals surface area contributed by atoms with Gasteiger partial charge in [-0.25, -0.2) is 42.0 Å². The summed E-state index contributed by atoms with van der Waals surface area (Å²) in [5, 5.41) is 7.44. The van der Waals surface area contributed by atoms with E-state index in [-0.39, 0.29) is 40.6 Å². The quantitative estimate of drug-likeness (QED) is 0.283.